The smallest absolute Gasteiger partial charge is 0.231 e. The summed E-state index contributed by atoms with van der Waals surface area (Å²) in [5, 5.41) is 0. The summed E-state index contributed by atoms with van der Waals surface area (Å²) in [6, 6.07) is 0. The summed E-state index contributed by atoms with van der Waals surface area (Å²) in [5.74, 6) is 0. The SMILES string of the molecule is C=c1n(CCCC)cc[n+]1=C. The first-order valence-corrected chi connectivity index (χ1v) is 3.99. The number of hydrogen-bond donors (Lipinski definition) is 0. The Kier molecular flexibility index (Phi) is 2.47. The lowest BCUT2D eigenvalue weighted by Gasteiger charge is -1.91. The molecular weight excluding hydrogens is 136 g/mol. The van der Waals surface area contributed by atoms with Gasteiger partial charge in [-0.15, -0.1) is 0 Å². The van der Waals surface area contributed by atoms with Crippen LogP contribution in [0.3, 0.4) is 0 Å². The monoisotopic (exact) mass is 151 g/mol. The summed E-state index contributed by atoms with van der Waals surface area (Å²) in [6.07, 6.45) is 6.37. The molecule has 1 heterocycles. The maximum Gasteiger partial charge on any atom is 0.278 e. The van der Waals surface area contributed by atoms with E-state index in [1.165, 1.54) is 12.8 Å². The van der Waals surface area contributed by atoms with Crippen molar-refractivity contribution < 1.29 is 4.24 Å². The molecule has 2 heteroatoms. The Morgan fingerprint density at radius 1 is 1.64 bits per heavy atom. The van der Waals surface area contributed by atoms with Crippen LogP contribution in [0, 0.1) is 6.72 Å². The van der Waals surface area contributed by atoms with Crippen LogP contribution in [0.2, 0.25) is 0 Å². The van der Waals surface area contributed by atoms with E-state index in [0.29, 0.717) is 0 Å². The molecule has 0 saturated heterocycles. The summed E-state index contributed by atoms with van der Waals surface area (Å²) in [7, 11) is 0. The van der Waals surface area contributed by atoms with Crippen LogP contribution < -0.4 is 9.72 Å². The van der Waals surface area contributed by atoms with Gasteiger partial charge in [-0.1, -0.05) is 13.3 Å². The van der Waals surface area contributed by atoms with E-state index >= 15 is 0 Å². The third-order valence-electron chi connectivity index (χ3n) is 1.84. The van der Waals surface area contributed by atoms with Crippen molar-refractivity contribution in [3.63, 3.8) is 0 Å². The standard InChI is InChI=1S/C9H15N2/c1-4-5-6-11-8-7-10(3)9(11)2/h7-8H,2-6H2,1H3/q+1. The first-order chi connectivity index (χ1) is 5.25. The minimum atomic E-state index is 0.971. The predicted molar refractivity (Wildman–Crippen MR) is 45.4 cm³/mol. The number of rotatable bonds is 3. The molecule has 0 unspecified atom stereocenters. The highest BCUT2D eigenvalue weighted by molar-refractivity contribution is 4.83. The maximum absolute atomic E-state index is 3.90. The topological polar surface area (TPSA) is 10.8 Å². The second-order valence-corrected chi connectivity index (χ2v) is 2.73. The van der Waals surface area contributed by atoms with Gasteiger partial charge >= 0.3 is 0 Å². The van der Waals surface area contributed by atoms with Crippen LogP contribution in [0.4, 0.5) is 0 Å². The lowest BCUT2D eigenvalue weighted by atomic mass is 10.3. The van der Waals surface area contributed by atoms with Crippen molar-refractivity contribution in [2.75, 3.05) is 0 Å². The molecule has 0 bridgehead atoms. The number of unbranched alkanes of at least 4 members (excludes halogenated alkanes) is 1. The van der Waals surface area contributed by atoms with Gasteiger partial charge in [0.2, 0.25) is 0 Å². The number of aryl methyl sites for hydroxylation is 1. The molecule has 0 aromatic carbocycles. The van der Waals surface area contributed by atoms with Crippen LogP contribution in [-0.4, -0.2) is 4.57 Å². The minimum absolute atomic E-state index is 0.971. The molecule has 11 heavy (non-hydrogen) atoms. The Hall–Kier alpha value is -1.05. The number of aromatic nitrogens is 2. The first-order valence-electron chi connectivity index (χ1n) is 3.99. The maximum atomic E-state index is 3.90. The van der Waals surface area contributed by atoms with Gasteiger partial charge in [0, 0.05) is 0 Å². The van der Waals surface area contributed by atoms with Gasteiger partial charge in [-0.2, -0.15) is 0 Å². The van der Waals surface area contributed by atoms with Gasteiger partial charge in [-0.05, 0) is 13.0 Å². The normalized spacial score (nSPS) is 10.3. The summed E-state index contributed by atoms with van der Waals surface area (Å²) in [6.45, 7) is 10.9. The molecule has 0 aliphatic carbocycles. The third-order valence-corrected chi connectivity index (χ3v) is 1.84. The van der Waals surface area contributed by atoms with Crippen molar-refractivity contribution in [3.8, 4) is 0 Å². The molecular formula is C9H15N2+. The van der Waals surface area contributed by atoms with Gasteiger partial charge in [0.15, 0.2) is 0 Å². The highest BCUT2D eigenvalue weighted by atomic mass is 15.1. The molecule has 1 aromatic rings. The van der Waals surface area contributed by atoms with Crippen LogP contribution in [0.5, 0.6) is 0 Å². The average molecular weight is 151 g/mol. The summed E-state index contributed by atoms with van der Waals surface area (Å²) in [4.78, 5) is 0. The molecule has 0 N–H and O–H groups in total. The highest BCUT2D eigenvalue weighted by Gasteiger charge is 1.98. The van der Waals surface area contributed by atoms with Crippen molar-refractivity contribution in [2.45, 2.75) is 26.3 Å². The molecule has 1 rings (SSSR count). The Labute approximate surface area is 67.1 Å². The molecule has 0 radical (unpaired) electrons. The molecule has 0 fully saturated rings. The van der Waals surface area contributed by atoms with Gasteiger partial charge < -0.3 is 0 Å². The van der Waals surface area contributed by atoms with E-state index in [2.05, 4.69) is 24.8 Å². The van der Waals surface area contributed by atoms with Crippen LogP contribution in [0.25, 0.3) is 6.58 Å². The predicted octanol–water partition coefficient (Wildman–Crippen LogP) is 0.626. The van der Waals surface area contributed by atoms with Crippen molar-refractivity contribution in [3.05, 3.63) is 24.6 Å². The number of imidazole rings is 1. The van der Waals surface area contributed by atoms with Crippen molar-refractivity contribution in [1.82, 2.24) is 4.57 Å². The van der Waals surface area contributed by atoms with E-state index in [0.717, 1.165) is 12.0 Å². The van der Waals surface area contributed by atoms with E-state index in [1.54, 1.807) is 4.24 Å². The van der Waals surface area contributed by atoms with Gasteiger partial charge in [-0.3, -0.25) is 0 Å². The molecule has 0 amide bonds. The summed E-state index contributed by atoms with van der Waals surface area (Å²) >= 11 is 0. The van der Waals surface area contributed by atoms with Crippen molar-refractivity contribution in [2.24, 2.45) is 0 Å². The van der Waals surface area contributed by atoms with E-state index in [4.69, 9.17) is 0 Å². The highest BCUT2D eigenvalue weighted by Crippen LogP contribution is 1.88. The second-order valence-electron chi connectivity index (χ2n) is 2.73. The molecule has 60 valence electrons. The second kappa shape index (κ2) is 3.37. The van der Waals surface area contributed by atoms with Crippen LogP contribution in [0.15, 0.2) is 12.4 Å². The minimum Gasteiger partial charge on any atom is -0.231 e. The van der Waals surface area contributed by atoms with E-state index in [9.17, 15) is 0 Å². The fourth-order valence-electron chi connectivity index (χ4n) is 1.03. The van der Waals surface area contributed by atoms with Crippen LogP contribution in [0.1, 0.15) is 19.8 Å². The fraction of sp³-hybridized carbons (Fsp3) is 0.444. The van der Waals surface area contributed by atoms with Crippen LogP contribution >= 0.6 is 0 Å². The lowest BCUT2D eigenvalue weighted by Crippen LogP contribution is -2.35. The van der Waals surface area contributed by atoms with E-state index < -0.39 is 0 Å². The number of nitrogens with zero attached hydrogens (tertiary/aromatic N) is 2. The molecule has 0 spiro atoms. The molecule has 0 aliphatic rings. The van der Waals surface area contributed by atoms with Crippen LogP contribution in [-0.2, 0) is 6.54 Å². The van der Waals surface area contributed by atoms with Gasteiger partial charge in [-0.25, -0.2) is 8.81 Å². The lowest BCUT2D eigenvalue weighted by molar-refractivity contribution is -0.513. The molecule has 2 nitrogen and oxygen atoms in total. The molecule has 0 aliphatic heterocycles. The van der Waals surface area contributed by atoms with Crippen molar-refractivity contribution >= 4 is 6.58 Å². The van der Waals surface area contributed by atoms with Gasteiger partial charge in [0.1, 0.15) is 12.4 Å². The molecule has 0 atom stereocenters. The van der Waals surface area contributed by atoms with E-state index in [1.807, 2.05) is 12.4 Å². The zero-order valence-corrected chi connectivity index (χ0v) is 7.08. The zero-order valence-electron chi connectivity index (χ0n) is 7.08. The Morgan fingerprint density at radius 2 is 2.36 bits per heavy atom. The third kappa shape index (κ3) is 1.70. The van der Waals surface area contributed by atoms with E-state index in [-0.39, 0.29) is 0 Å². The summed E-state index contributed by atoms with van der Waals surface area (Å²) in [5.41, 5.74) is 0.971. The van der Waals surface area contributed by atoms with Gasteiger partial charge in [0.25, 0.3) is 5.48 Å². The van der Waals surface area contributed by atoms with Crippen molar-refractivity contribution in [1.29, 1.82) is 0 Å². The Morgan fingerprint density at radius 3 is 2.82 bits per heavy atom. The Balaban J connectivity index is 2.80. The van der Waals surface area contributed by atoms with Gasteiger partial charge in [0.05, 0.1) is 13.3 Å². The molecule has 1 aromatic heterocycles. The zero-order chi connectivity index (χ0) is 8.27. The fourth-order valence-corrected chi connectivity index (χ4v) is 1.03. The quantitative estimate of drug-likeness (QED) is 0.561. The average Bonchev–Trinajstić information content (AvgIpc) is 2.31. The number of hydrogen-bond acceptors (Lipinski definition) is 0. The Bertz CT molecular complexity index is 311. The summed E-state index contributed by atoms with van der Waals surface area (Å²) < 4.78 is 3.91. The molecule has 0 saturated carbocycles. The first kappa shape index (κ1) is 8.05. The largest absolute Gasteiger partial charge is 0.278 e.